The van der Waals surface area contributed by atoms with Gasteiger partial charge < -0.3 is 48.9 Å². The van der Waals surface area contributed by atoms with E-state index >= 15 is 0 Å². The first-order valence-corrected chi connectivity index (χ1v) is 30.7. The number of carbonyl (C=O) groups is 4. The number of para-hydroxylation sites is 4. The van der Waals surface area contributed by atoms with Crippen LogP contribution >= 0.6 is 0 Å². The summed E-state index contributed by atoms with van der Waals surface area (Å²) in [6, 6.07) is 58.9. The number of ether oxygens (including phenoxy) is 1. The highest BCUT2D eigenvalue weighted by Crippen LogP contribution is 2.27. The summed E-state index contributed by atoms with van der Waals surface area (Å²) in [4.78, 5) is 86.9. The minimum atomic E-state index is -3.36. The van der Waals surface area contributed by atoms with Crippen LogP contribution < -0.4 is 48.9 Å². The summed E-state index contributed by atoms with van der Waals surface area (Å²) < 4.78 is 41.6. The number of sulfone groups is 1. The zero-order valence-electron chi connectivity index (χ0n) is 51.4. The Labute approximate surface area is 566 Å². The molecule has 0 atom stereocenters. The third-order valence-corrected chi connectivity index (χ3v) is 14.6. The normalized spacial score (nSPS) is 10.4. The van der Waals surface area contributed by atoms with Gasteiger partial charge in [0.1, 0.15) is 17.6 Å². The molecule has 0 aliphatic carbocycles. The molecule has 27 heteroatoms. The molecule has 5 aromatic heterocycles. The maximum absolute atomic E-state index is 13.0. The highest BCUT2D eigenvalue weighted by molar-refractivity contribution is 7.90. The van der Waals surface area contributed by atoms with E-state index in [9.17, 15) is 32.0 Å². The second-order valence-electron chi connectivity index (χ2n) is 20.3. The van der Waals surface area contributed by atoms with Crippen LogP contribution in [0.25, 0.3) is 45.0 Å². The van der Waals surface area contributed by atoms with E-state index in [1.165, 1.54) is 61.4 Å². The lowest BCUT2D eigenvalue weighted by atomic mass is 10.1. The molecule has 498 valence electrons. The summed E-state index contributed by atoms with van der Waals surface area (Å²) in [7, 11) is -1.76. The summed E-state index contributed by atoms with van der Waals surface area (Å²) in [5, 5.41) is 20.0. The Hall–Kier alpha value is -13.7. The molecule has 7 aromatic carbocycles. The fourth-order valence-corrected chi connectivity index (χ4v) is 9.30. The minimum absolute atomic E-state index is 0. The highest BCUT2D eigenvalue weighted by Gasteiger charge is 2.20. The average molecular weight is 1330 g/mol. The molecule has 0 fully saturated rings. The minimum Gasteiger partial charge on any atom is -0.497 e. The quantitative estimate of drug-likeness (QED) is 0.0501. The van der Waals surface area contributed by atoms with Gasteiger partial charge in [-0.15, -0.1) is 0 Å². The molecule has 0 bridgehead atoms. The summed E-state index contributed by atoms with van der Waals surface area (Å²) in [6.45, 7) is 0. The van der Waals surface area contributed by atoms with Gasteiger partial charge in [-0.05, 0) is 115 Å². The third-order valence-electron chi connectivity index (χ3n) is 13.5. The van der Waals surface area contributed by atoms with Crippen LogP contribution in [0, 0.1) is 17.1 Å². The van der Waals surface area contributed by atoms with Crippen molar-refractivity contribution in [1.82, 2.24) is 44.9 Å². The number of nitrogen functional groups attached to an aromatic ring is 4. The maximum Gasteiger partial charge on any atom is 0.278 e. The van der Waals surface area contributed by atoms with Crippen molar-refractivity contribution in [3.05, 3.63) is 272 Å². The molecule has 0 saturated heterocycles. The van der Waals surface area contributed by atoms with Crippen LogP contribution in [0.5, 0.6) is 5.75 Å². The number of methoxy groups -OCH3 is 1. The van der Waals surface area contributed by atoms with Crippen molar-refractivity contribution >= 4 is 79.5 Å². The van der Waals surface area contributed by atoms with Crippen LogP contribution in [0.15, 0.2) is 242 Å². The van der Waals surface area contributed by atoms with Crippen molar-refractivity contribution in [2.75, 3.05) is 57.6 Å². The molecule has 0 unspecified atom stereocenters. The molecule has 12 rings (SSSR count). The fourth-order valence-electron chi connectivity index (χ4n) is 8.63. The summed E-state index contributed by atoms with van der Waals surface area (Å²) in [5.41, 5.74) is 30.3. The fraction of sp³-hybridized carbons (Fsp3) is 0.0286. The SMILES string of the molecule is COc1ccc(-c2cnc(N)c(C(=O)Nc3ccccc3)n2)cc1.CS(=O)(=O)c1cccc(-c2cnc(N)c(C(=O)Nc3ccccc3)n2)c1.N#Cc1cnccc1-c1cnc(N)c(C(=O)Nc2ccccc2)n1.Nc1ncc(-c2ccc(F)cc2)nc1C(=O)Nc1ccccc1.[HH].[HH].[HH].[HH].[HH].[HH].[HH].[HH]. The lowest BCUT2D eigenvalue weighted by Crippen LogP contribution is -2.17. The van der Waals surface area contributed by atoms with Crippen molar-refractivity contribution in [3.63, 3.8) is 0 Å². The molecular weight excluding hydrogens is 1260 g/mol. The molecule has 12 aromatic rings. The number of hydrogen-bond acceptors (Lipinski definition) is 21. The van der Waals surface area contributed by atoms with E-state index in [2.05, 4.69) is 66.1 Å². The molecule has 0 spiro atoms. The van der Waals surface area contributed by atoms with Gasteiger partial charge in [-0.1, -0.05) is 84.9 Å². The highest BCUT2D eigenvalue weighted by atomic mass is 32.2. The molecule has 97 heavy (non-hydrogen) atoms. The number of halogens is 1. The summed E-state index contributed by atoms with van der Waals surface area (Å²) >= 11 is 0. The van der Waals surface area contributed by atoms with Gasteiger partial charge in [-0.3, -0.25) is 24.2 Å². The van der Waals surface area contributed by atoms with E-state index in [-0.39, 0.29) is 68.2 Å². The average Bonchev–Trinajstić information content (AvgIpc) is 0.817. The molecule has 5 heterocycles. The standard InChI is InChI=1S/C18H16N4O3S.C18H16N4O2.C17H13FN4O.C17H12N6O.8H2/c1-26(24,25)14-9-5-6-12(10-14)15-11-20-17(19)16(22-15)18(23)21-13-7-3-2-4-8-13;1-24-14-9-7-12(8-10-14)15-11-20-17(19)16(22-15)18(23)21-13-5-3-2-4-6-13;18-12-8-6-11(7-9-12)14-10-20-16(19)15(22-14)17(23)21-13-4-2-1-3-5-13;18-8-11-9-20-7-6-13(11)14-10-21-16(19)15(23-14)17(24)22-12-4-2-1-3-5-12;;;;;;;;/h2-11H,1H3,(H2,19,20)(H,21,23);2-11H,1H3,(H2,19,20)(H,21,23);1-10H,(H2,19,20)(H,21,23);1-7,9-10H,(H2,19,21)(H,22,24);8*1H. The van der Waals surface area contributed by atoms with E-state index < -0.39 is 33.5 Å². The molecule has 0 aliphatic rings. The Balaban J connectivity index is 0.000000683. The summed E-state index contributed by atoms with van der Waals surface area (Å²) in [5.74, 6) is -1.32. The van der Waals surface area contributed by atoms with Crippen LogP contribution in [0.3, 0.4) is 0 Å². The molecule has 0 aliphatic heterocycles. The second kappa shape index (κ2) is 32.0. The van der Waals surface area contributed by atoms with Crippen LogP contribution in [0.4, 0.5) is 50.4 Å². The predicted molar refractivity (Wildman–Crippen MR) is 384 cm³/mol. The number of nitrogens with zero attached hydrogens (tertiary/aromatic N) is 10. The van der Waals surface area contributed by atoms with Crippen LogP contribution in [0.2, 0.25) is 0 Å². The number of nitrogens with one attached hydrogen (secondary N) is 4. The number of nitriles is 1. The molecule has 0 saturated carbocycles. The molecule has 4 amide bonds. The van der Waals surface area contributed by atoms with Crippen molar-refractivity contribution in [2.24, 2.45) is 0 Å². The zero-order valence-corrected chi connectivity index (χ0v) is 52.3. The predicted octanol–water partition coefficient (Wildman–Crippen LogP) is 12.7. The van der Waals surface area contributed by atoms with Gasteiger partial charge in [0.2, 0.25) is 0 Å². The second-order valence-corrected chi connectivity index (χ2v) is 22.3. The van der Waals surface area contributed by atoms with Gasteiger partial charge in [0.15, 0.2) is 55.9 Å². The van der Waals surface area contributed by atoms with Crippen molar-refractivity contribution in [1.29, 1.82) is 5.26 Å². The Kier molecular flexibility index (Phi) is 22.3. The van der Waals surface area contributed by atoms with Gasteiger partial charge in [-0.25, -0.2) is 52.7 Å². The van der Waals surface area contributed by atoms with Crippen LogP contribution in [-0.4, -0.2) is 90.3 Å². The van der Waals surface area contributed by atoms with Crippen molar-refractivity contribution < 1.29 is 48.1 Å². The van der Waals surface area contributed by atoms with Crippen molar-refractivity contribution in [2.45, 2.75) is 4.90 Å². The Bertz CT molecular complexity index is 4970. The maximum atomic E-state index is 13.0. The van der Waals surface area contributed by atoms with Gasteiger partial charge in [0, 0.05) is 75.1 Å². The topological polar surface area (TPSA) is 404 Å². The molecule has 0 radical (unpaired) electrons. The van der Waals surface area contributed by atoms with E-state index in [1.54, 1.807) is 122 Å². The Morgan fingerprint density at radius 1 is 0.454 bits per heavy atom. The van der Waals surface area contributed by atoms with E-state index in [0.717, 1.165) is 17.6 Å². The number of amides is 4. The number of benzene rings is 7. The molecule has 25 nitrogen and oxygen atoms in total. The lowest BCUT2D eigenvalue weighted by molar-refractivity contribution is 0.101. The smallest absolute Gasteiger partial charge is 0.278 e. The van der Waals surface area contributed by atoms with Crippen LogP contribution in [0.1, 0.15) is 58.9 Å². The molecular formula is C70H73FN18O7S. The number of carbonyl (C=O) groups excluding carboxylic acids is 4. The number of rotatable bonds is 14. The zero-order chi connectivity index (χ0) is 68.8. The number of anilines is 8. The van der Waals surface area contributed by atoms with E-state index in [1.807, 2.05) is 66.7 Å². The number of nitrogens with two attached hydrogens (primary N) is 4. The first kappa shape index (κ1) is 67.6. The van der Waals surface area contributed by atoms with Gasteiger partial charge in [0.05, 0.1) is 65.1 Å². The van der Waals surface area contributed by atoms with E-state index in [0.29, 0.717) is 67.8 Å². The number of pyridine rings is 1. The van der Waals surface area contributed by atoms with E-state index in [4.69, 9.17) is 32.9 Å². The Morgan fingerprint density at radius 3 is 1.16 bits per heavy atom. The summed E-state index contributed by atoms with van der Waals surface area (Å²) in [6.07, 6.45) is 9.90. The third kappa shape index (κ3) is 18.5. The first-order chi connectivity index (χ1) is 46.8. The number of aromatic nitrogens is 9. The van der Waals surface area contributed by atoms with Gasteiger partial charge in [0.25, 0.3) is 23.6 Å². The van der Waals surface area contributed by atoms with Gasteiger partial charge >= 0.3 is 0 Å². The monoisotopic (exact) mass is 1330 g/mol. The van der Waals surface area contributed by atoms with Crippen molar-refractivity contribution in [3.8, 4) is 56.8 Å². The number of hydrogen-bond donors (Lipinski definition) is 8. The first-order valence-electron chi connectivity index (χ1n) is 28.8. The largest absolute Gasteiger partial charge is 0.497 e. The van der Waals surface area contributed by atoms with Crippen LogP contribution in [-0.2, 0) is 9.84 Å². The van der Waals surface area contributed by atoms with Gasteiger partial charge in [-0.2, -0.15) is 5.26 Å². The Morgan fingerprint density at radius 2 is 0.804 bits per heavy atom. The molecule has 12 N–H and O–H groups in total. The lowest BCUT2D eigenvalue weighted by Gasteiger charge is -2.09.